The van der Waals surface area contributed by atoms with Crippen LogP contribution in [0.4, 0.5) is 10.8 Å². The lowest BCUT2D eigenvalue weighted by atomic mass is 10.3. The molecular formula is C11H13N5O3S3. The van der Waals surface area contributed by atoms with Crippen molar-refractivity contribution >= 4 is 49.8 Å². The van der Waals surface area contributed by atoms with E-state index >= 15 is 0 Å². The van der Waals surface area contributed by atoms with Crippen molar-refractivity contribution in [2.24, 2.45) is 5.14 Å². The molecule has 5 N–H and O–H groups in total. The fourth-order valence-corrected chi connectivity index (χ4v) is 3.62. The van der Waals surface area contributed by atoms with E-state index in [0.717, 1.165) is 0 Å². The average Bonchev–Trinajstić information content (AvgIpc) is 2.84. The quantitative estimate of drug-likeness (QED) is 0.650. The van der Waals surface area contributed by atoms with Crippen LogP contribution in [0.3, 0.4) is 0 Å². The maximum atomic E-state index is 11.8. The van der Waals surface area contributed by atoms with Gasteiger partial charge in [0, 0.05) is 17.9 Å². The van der Waals surface area contributed by atoms with Gasteiger partial charge in [0.05, 0.1) is 4.90 Å². The van der Waals surface area contributed by atoms with Gasteiger partial charge in [0.25, 0.3) is 0 Å². The van der Waals surface area contributed by atoms with Gasteiger partial charge >= 0.3 is 0 Å². The Morgan fingerprint density at radius 3 is 2.50 bits per heavy atom. The Balaban J connectivity index is 1.81. The summed E-state index contributed by atoms with van der Waals surface area (Å²) in [5.74, 6) is 0.351. The lowest BCUT2D eigenvalue weighted by molar-refractivity contribution is -0.115. The zero-order chi connectivity index (χ0) is 16.2. The highest BCUT2D eigenvalue weighted by Crippen LogP contribution is 2.24. The third-order valence-electron chi connectivity index (χ3n) is 2.44. The summed E-state index contributed by atoms with van der Waals surface area (Å²) in [6, 6.07) is 5.64. The molecule has 22 heavy (non-hydrogen) atoms. The van der Waals surface area contributed by atoms with Crippen LogP contribution >= 0.6 is 23.1 Å². The minimum Gasteiger partial charge on any atom is -0.374 e. The predicted molar refractivity (Wildman–Crippen MR) is 86.1 cm³/mol. The number of nitrogens with two attached hydrogens (primary N) is 2. The Hall–Kier alpha value is -1.69. The SMILES string of the molecule is Nc1nnc(SCCC(=O)Nc2ccc(S(N)(=O)=O)cc2)s1. The van der Waals surface area contributed by atoms with Crippen LogP contribution < -0.4 is 16.2 Å². The number of carbonyl (C=O) groups is 1. The normalized spacial score (nSPS) is 11.3. The van der Waals surface area contributed by atoms with Gasteiger partial charge in [-0.15, -0.1) is 10.2 Å². The summed E-state index contributed by atoms with van der Waals surface area (Å²) < 4.78 is 22.9. The molecule has 118 valence electrons. The molecule has 0 aliphatic heterocycles. The number of anilines is 2. The smallest absolute Gasteiger partial charge is 0.238 e. The van der Waals surface area contributed by atoms with Crippen LogP contribution in [-0.4, -0.2) is 30.3 Å². The van der Waals surface area contributed by atoms with Crippen molar-refractivity contribution in [2.45, 2.75) is 15.7 Å². The lowest BCUT2D eigenvalue weighted by Crippen LogP contribution is -2.14. The van der Waals surface area contributed by atoms with Gasteiger partial charge in [-0.05, 0) is 24.3 Å². The van der Waals surface area contributed by atoms with E-state index in [0.29, 0.717) is 20.9 Å². The van der Waals surface area contributed by atoms with Gasteiger partial charge in [0.1, 0.15) is 0 Å². The summed E-state index contributed by atoms with van der Waals surface area (Å²) in [4.78, 5) is 11.8. The molecule has 0 radical (unpaired) electrons. The van der Waals surface area contributed by atoms with Crippen molar-refractivity contribution < 1.29 is 13.2 Å². The molecule has 1 amide bonds. The van der Waals surface area contributed by atoms with E-state index in [1.807, 2.05) is 0 Å². The summed E-state index contributed by atoms with van der Waals surface area (Å²) >= 11 is 2.66. The van der Waals surface area contributed by atoms with Crippen molar-refractivity contribution in [1.82, 2.24) is 10.2 Å². The molecule has 2 aromatic rings. The molecule has 1 aromatic carbocycles. The van der Waals surface area contributed by atoms with Crippen LogP contribution in [0, 0.1) is 0 Å². The van der Waals surface area contributed by atoms with Crippen molar-refractivity contribution in [3.63, 3.8) is 0 Å². The number of amides is 1. The average molecular weight is 359 g/mol. The molecule has 0 spiro atoms. The van der Waals surface area contributed by atoms with E-state index < -0.39 is 10.0 Å². The minimum absolute atomic E-state index is 0.00471. The number of hydrogen-bond donors (Lipinski definition) is 3. The van der Waals surface area contributed by atoms with E-state index in [-0.39, 0.29) is 17.2 Å². The minimum atomic E-state index is -3.73. The number of nitrogen functional groups attached to an aromatic ring is 1. The standard InChI is InChI=1S/C11H13N5O3S3/c12-10-15-16-11(21-10)20-6-5-9(17)14-7-1-3-8(4-2-7)22(13,18)19/h1-4H,5-6H2,(H2,12,15)(H,14,17)(H2,13,18,19). The number of carbonyl (C=O) groups excluding carboxylic acids is 1. The molecule has 0 saturated heterocycles. The van der Waals surface area contributed by atoms with Crippen LogP contribution in [0.15, 0.2) is 33.5 Å². The van der Waals surface area contributed by atoms with E-state index in [2.05, 4.69) is 15.5 Å². The Morgan fingerprint density at radius 1 is 1.27 bits per heavy atom. The largest absolute Gasteiger partial charge is 0.374 e. The second-order valence-electron chi connectivity index (χ2n) is 4.12. The van der Waals surface area contributed by atoms with Crippen molar-refractivity contribution in [1.29, 1.82) is 0 Å². The molecule has 0 atom stereocenters. The number of nitrogens with one attached hydrogen (secondary N) is 1. The molecule has 1 heterocycles. The van der Waals surface area contributed by atoms with Crippen LogP contribution in [0.1, 0.15) is 6.42 Å². The zero-order valence-corrected chi connectivity index (χ0v) is 13.7. The molecule has 0 aliphatic rings. The molecule has 0 saturated carbocycles. The second kappa shape index (κ2) is 7.05. The van der Waals surface area contributed by atoms with Crippen molar-refractivity contribution in [2.75, 3.05) is 16.8 Å². The predicted octanol–water partition coefficient (Wildman–Crippen LogP) is 0.889. The highest BCUT2D eigenvalue weighted by molar-refractivity contribution is 8.01. The number of thioether (sulfide) groups is 1. The Morgan fingerprint density at radius 2 is 1.95 bits per heavy atom. The summed E-state index contributed by atoms with van der Waals surface area (Å²) in [5.41, 5.74) is 5.96. The molecule has 11 heteroatoms. The van der Waals surface area contributed by atoms with E-state index in [9.17, 15) is 13.2 Å². The van der Waals surface area contributed by atoms with Crippen LogP contribution in [0.2, 0.25) is 0 Å². The number of hydrogen-bond acceptors (Lipinski definition) is 8. The first-order valence-corrected chi connectivity index (χ1v) is 9.34. The Bertz CT molecular complexity index is 758. The van der Waals surface area contributed by atoms with Gasteiger partial charge in [0.2, 0.25) is 21.1 Å². The summed E-state index contributed by atoms with van der Waals surface area (Å²) in [6.45, 7) is 0. The van der Waals surface area contributed by atoms with Gasteiger partial charge in [0.15, 0.2) is 4.34 Å². The second-order valence-corrected chi connectivity index (χ2v) is 8.03. The maximum absolute atomic E-state index is 11.8. The summed E-state index contributed by atoms with van der Waals surface area (Å²) in [7, 11) is -3.73. The van der Waals surface area contributed by atoms with Crippen molar-refractivity contribution in [3.05, 3.63) is 24.3 Å². The van der Waals surface area contributed by atoms with Crippen LogP contribution in [0.25, 0.3) is 0 Å². The lowest BCUT2D eigenvalue weighted by Gasteiger charge is -2.05. The Labute approximate surface area is 135 Å². The topological polar surface area (TPSA) is 141 Å². The van der Waals surface area contributed by atoms with Crippen LogP contribution in [-0.2, 0) is 14.8 Å². The van der Waals surface area contributed by atoms with Gasteiger partial charge in [-0.25, -0.2) is 13.6 Å². The molecular weight excluding hydrogens is 346 g/mol. The maximum Gasteiger partial charge on any atom is 0.238 e. The first-order valence-electron chi connectivity index (χ1n) is 5.99. The van der Waals surface area contributed by atoms with E-state index in [1.165, 1.54) is 47.4 Å². The van der Waals surface area contributed by atoms with Gasteiger partial charge in [-0.3, -0.25) is 4.79 Å². The molecule has 0 unspecified atom stereocenters. The van der Waals surface area contributed by atoms with E-state index in [1.54, 1.807) is 0 Å². The third-order valence-corrected chi connectivity index (χ3v) is 5.26. The molecule has 1 aromatic heterocycles. The number of nitrogens with zero attached hydrogens (tertiary/aromatic N) is 2. The fourth-order valence-electron chi connectivity index (χ4n) is 1.46. The number of benzene rings is 1. The van der Waals surface area contributed by atoms with Gasteiger partial charge < -0.3 is 11.1 Å². The first kappa shape index (κ1) is 16.7. The number of primary sulfonamides is 1. The zero-order valence-electron chi connectivity index (χ0n) is 11.2. The highest BCUT2D eigenvalue weighted by Gasteiger charge is 2.09. The highest BCUT2D eigenvalue weighted by atomic mass is 32.2. The fraction of sp³-hybridized carbons (Fsp3) is 0.182. The summed E-state index contributed by atoms with van der Waals surface area (Å²) in [5, 5.41) is 15.6. The van der Waals surface area contributed by atoms with Gasteiger partial charge in [-0.2, -0.15) is 0 Å². The number of aromatic nitrogens is 2. The Kier molecular flexibility index (Phi) is 5.34. The molecule has 2 rings (SSSR count). The number of sulfonamides is 1. The third kappa shape index (κ3) is 4.94. The monoisotopic (exact) mass is 359 g/mol. The molecule has 0 fully saturated rings. The number of rotatable bonds is 6. The van der Waals surface area contributed by atoms with E-state index in [4.69, 9.17) is 10.9 Å². The first-order chi connectivity index (χ1) is 10.3. The van der Waals surface area contributed by atoms with Gasteiger partial charge in [-0.1, -0.05) is 23.1 Å². The molecule has 0 bridgehead atoms. The molecule has 0 aliphatic carbocycles. The van der Waals surface area contributed by atoms with Crippen molar-refractivity contribution in [3.8, 4) is 0 Å². The molecule has 8 nitrogen and oxygen atoms in total. The summed E-state index contributed by atoms with van der Waals surface area (Å²) in [6.07, 6.45) is 0.279. The van der Waals surface area contributed by atoms with Crippen LogP contribution in [0.5, 0.6) is 0 Å².